The quantitative estimate of drug-likeness (QED) is 0.792. The third kappa shape index (κ3) is 4.57. The van der Waals surface area contributed by atoms with Crippen molar-refractivity contribution in [2.75, 3.05) is 5.32 Å². The normalized spacial score (nSPS) is 14.3. The van der Waals surface area contributed by atoms with Crippen LogP contribution in [-0.2, 0) is 4.79 Å². The van der Waals surface area contributed by atoms with Gasteiger partial charge in [-0.25, -0.2) is 0 Å². The third-order valence-electron chi connectivity index (χ3n) is 3.04. The fourth-order valence-electron chi connectivity index (χ4n) is 1.47. The van der Waals surface area contributed by atoms with E-state index in [2.05, 4.69) is 54.0 Å². The Kier molecular flexibility index (Phi) is 6.08. The van der Waals surface area contributed by atoms with Gasteiger partial charge in [-0.05, 0) is 54.5 Å². The van der Waals surface area contributed by atoms with E-state index in [9.17, 15) is 4.79 Å². The van der Waals surface area contributed by atoms with Gasteiger partial charge in [-0.3, -0.25) is 4.79 Å². The largest absolute Gasteiger partial charge is 0.324 e. The smallest absolute Gasteiger partial charge is 0.241 e. The molecule has 0 unspecified atom stereocenters. The molecule has 0 aliphatic heterocycles. The molecular weight excluding hydrogens is 339 g/mol. The first-order chi connectivity index (χ1) is 8.41. The number of nitrogens with one attached hydrogen (secondary N) is 2. The summed E-state index contributed by atoms with van der Waals surface area (Å²) < 4.78 is 1.05. The molecule has 1 rings (SSSR count). The Bertz CT molecular complexity index is 407. The van der Waals surface area contributed by atoms with Crippen LogP contribution in [0, 0.1) is 9.49 Å². The second-order valence-corrected chi connectivity index (χ2v) is 6.05. The number of carbonyl (C=O) groups is 1. The van der Waals surface area contributed by atoms with E-state index in [4.69, 9.17) is 0 Å². The Balaban J connectivity index is 2.58. The minimum atomic E-state index is -0.196. The van der Waals surface area contributed by atoms with Gasteiger partial charge in [0.2, 0.25) is 5.91 Å². The number of rotatable bonds is 5. The minimum Gasteiger partial charge on any atom is -0.324 e. The van der Waals surface area contributed by atoms with Crippen LogP contribution in [-0.4, -0.2) is 18.0 Å². The summed E-state index contributed by atoms with van der Waals surface area (Å²) in [7, 11) is 0. The monoisotopic (exact) mass is 360 g/mol. The van der Waals surface area contributed by atoms with E-state index in [0.29, 0.717) is 12.0 Å². The molecule has 3 nitrogen and oxygen atoms in total. The lowest BCUT2D eigenvalue weighted by molar-refractivity contribution is -0.118. The minimum absolute atomic E-state index is 0.00613. The van der Waals surface area contributed by atoms with E-state index in [-0.39, 0.29) is 11.9 Å². The lowest BCUT2D eigenvalue weighted by Gasteiger charge is -2.22. The van der Waals surface area contributed by atoms with Crippen molar-refractivity contribution in [3.8, 4) is 0 Å². The molecule has 0 radical (unpaired) electrons. The molecule has 1 aromatic rings. The standard InChI is InChI=1S/C14H21IN2O/c1-9(2)10(3)16-11(4)14(18)17-13-8-6-5-7-12(13)15/h5-11,16H,1-4H3,(H,17,18)/t10-,11-/m1/s1. The average Bonchev–Trinajstić information content (AvgIpc) is 2.31. The van der Waals surface area contributed by atoms with Crippen LogP contribution in [0.4, 0.5) is 5.69 Å². The van der Waals surface area contributed by atoms with E-state index in [0.717, 1.165) is 9.26 Å². The molecule has 0 saturated heterocycles. The summed E-state index contributed by atoms with van der Waals surface area (Å²) in [5.74, 6) is 0.517. The first-order valence-electron chi connectivity index (χ1n) is 6.23. The van der Waals surface area contributed by atoms with Crippen molar-refractivity contribution >= 4 is 34.2 Å². The fraction of sp³-hybridized carbons (Fsp3) is 0.500. The van der Waals surface area contributed by atoms with Crippen LogP contribution in [0.2, 0.25) is 0 Å². The number of para-hydroxylation sites is 1. The molecule has 0 saturated carbocycles. The summed E-state index contributed by atoms with van der Waals surface area (Å²) in [6.45, 7) is 8.27. The van der Waals surface area contributed by atoms with Crippen molar-refractivity contribution in [3.63, 3.8) is 0 Å². The van der Waals surface area contributed by atoms with Crippen molar-refractivity contribution in [1.29, 1.82) is 0 Å². The summed E-state index contributed by atoms with van der Waals surface area (Å²) in [4.78, 5) is 12.0. The van der Waals surface area contributed by atoms with Crippen molar-refractivity contribution in [3.05, 3.63) is 27.8 Å². The third-order valence-corrected chi connectivity index (χ3v) is 3.98. The van der Waals surface area contributed by atoms with Crippen LogP contribution in [0.3, 0.4) is 0 Å². The molecule has 0 aliphatic carbocycles. The Hall–Kier alpha value is -0.620. The topological polar surface area (TPSA) is 41.1 Å². The Morgan fingerprint density at radius 1 is 1.17 bits per heavy atom. The summed E-state index contributed by atoms with van der Waals surface area (Å²) in [6.07, 6.45) is 0. The van der Waals surface area contributed by atoms with Crippen molar-refractivity contribution in [2.45, 2.75) is 39.8 Å². The van der Waals surface area contributed by atoms with Crippen LogP contribution in [0.5, 0.6) is 0 Å². The summed E-state index contributed by atoms with van der Waals surface area (Å²) in [5.41, 5.74) is 0.869. The molecule has 4 heteroatoms. The molecule has 1 aromatic carbocycles. The van der Waals surface area contributed by atoms with E-state index in [1.54, 1.807) is 0 Å². The van der Waals surface area contributed by atoms with Crippen LogP contribution < -0.4 is 10.6 Å². The number of hydrogen-bond acceptors (Lipinski definition) is 2. The zero-order valence-electron chi connectivity index (χ0n) is 11.3. The average molecular weight is 360 g/mol. The first-order valence-corrected chi connectivity index (χ1v) is 7.31. The number of carbonyl (C=O) groups excluding carboxylic acids is 1. The first kappa shape index (κ1) is 15.4. The maximum Gasteiger partial charge on any atom is 0.241 e. The van der Waals surface area contributed by atoms with Crippen LogP contribution in [0.15, 0.2) is 24.3 Å². The van der Waals surface area contributed by atoms with Gasteiger partial charge in [0.25, 0.3) is 0 Å². The van der Waals surface area contributed by atoms with Crippen molar-refractivity contribution in [1.82, 2.24) is 5.32 Å². The number of amides is 1. The van der Waals surface area contributed by atoms with Gasteiger partial charge in [0.15, 0.2) is 0 Å². The summed E-state index contributed by atoms with van der Waals surface area (Å²) in [6, 6.07) is 7.90. The Morgan fingerprint density at radius 2 is 1.78 bits per heavy atom. The van der Waals surface area contributed by atoms with Gasteiger partial charge < -0.3 is 10.6 Å². The van der Waals surface area contributed by atoms with E-state index >= 15 is 0 Å². The molecule has 0 heterocycles. The van der Waals surface area contributed by atoms with Gasteiger partial charge in [0, 0.05) is 9.61 Å². The SMILES string of the molecule is CC(C)[C@@H](C)N[C@H](C)C(=O)Nc1ccccc1I. The van der Waals surface area contributed by atoms with E-state index in [1.807, 2.05) is 31.2 Å². The molecule has 0 spiro atoms. The predicted octanol–water partition coefficient (Wildman–Crippen LogP) is 3.25. The van der Waals surface area contributed by atoms with Crippen LogP contribution in [0.1, 0.15) is 27.7 Å². The number of benzene rings is 1. The summed E-state index contributed by atoms with van der Waals surface area (Å²) in [5, 5.41) is 6.25. The predicted molar refractivity (Wildman–Crippen MR) is 84.7 cm³/mol. The van der Waals surface area contributed by atoms with Gasteiger partial charge >= 0.3 is 0 Å². The van der Waals surface area contributed by atoms with Crippen molar-refractivity contribution < 1.29 is 4.79 Å². The molecule has 100 valence electrons. The molecule has 1 amide bonds. The second-order valence-electron chi connectivity index (χ2n) is 4.89. The van der Waals surface area contributed by atoms with E-state index < -0.39 is 0 Å². The number of hydrogen-bond donors (Lipinski definition) is 2. The van der Waals surface area contributed by atoms with Gasteiger partial charge in [-0.15, -0.1) is 0 Å². The van der Waals surface area contributed by atoms with Gasteiger partial charge in [0.1, 0.15) is 0 Å². The second kappa shape index (κ2) is 7.09. The number of halogens is 1. The molecule has 2 N–H and O–H groups in total. The molecule has 18 heavy (non-hydrogen) atoms. The van der Waals surface area contributed by atoms with Crippen LogP contribution in [0.25, 0.3) is 0 Å². The number of anilines is 1. The molecular formula is C14H21IN2O. The highest BCUT2D eigenvalue weighted by Crippen LogP contribution is 2.17. The molecule has 0 bridgehead atoms. The molecule has 0 aromatic heterocycles. The molecule has 0 fully saturated rings. The van der Waals surface area contributed by atoms with E-state index in [1.165, 1.54) is 0 Å². The van der Waals surface area contributed by atoms with Crippen molar-refractivity contribution in [2.24, 2.45) is 5.92 Å². The highest BCUT2D eigenvalue weighted by Gasteiger charge is 2.17. The molecule has 0 aliphatic rings. The maximum atomic E-state index is 12.0. The Morgan fingerprint density at radius 3 is 2.33 bits per heavy atom. The lowest BCUT2D eigenvalue weighted by Crippen LogP contribution is -2.44. The highest BCUT2D eigenvalue weighted by atomic mass is 127. The highest BCUT2D eigenvalue weighted by molar-refractivity contribution is 14.1. The van der Waals surface area contributed by atoms with Gasteiger partial charge in [0.05, 0.1) is 11.7 Å². The van der Waals surface area contributed by atoms with Crippen LogP contribution >= 0.6 is 22.6 Å². The zero-order valence-corrected chi connectivity index (χ0v) is 13.5. The molecule has 2 atom stereocenters. The zero-order chi connectivity index (χ0) is 13.7. The maximum absolute atomic E-state index is 12.0. The van der Waals surface area contributed by atoms with Gasteiger partial charge in [-0.2, -0.15) is 0 Å². The van der Waals surface area contributed by atoms with Gasteiger partial charge in [-0.1, -0.05) is 26.0 Å². The lowest BCUT2D eigenvalue weighted by atomic mass is 10.1. The fourth-order valence-corrected chi connectivity index (χ4v) is 1.99. The summed E-state index contributed by atoms with van der Waals surface area (Å²) >= 11 is 2.22. The Labute approximate surface area is 123 Å².